The van der Waals surface area contributed by atoms with Crippen LogP contribution in [0.4, 0.5) is 0 Å². The second-order valence-corrected chi connectivity index (χ2v) is 14.4. The molecule has 5 rings (SSSR count). The molecule has 4 aliphatic carbocycles. The van der Waals surface area contributed by atoms with Gasteiger partial charge in [-0.3, -0.25) is 0 Å². The highest BCUT2D eigenvalue weighted by molar-refractivity contribution is 5.89. The van der Waals surface area contributed by atoms with Crippen molar-refractivity contribution >= 4 is 5.97 Å². The Morgan fingerprint density at radius 1 is 0.973 bits per heavy atom. The van der Waals surface area contributed by atoms with Crippen molar-refractivity contribution in [1.29, 1.82) is 0 Å². The third kappa shape index (κ3) is 4.96. The van der Waals surface area contributed by atoms with Crippen LogP contribution in [0.3, 0.4) is 0 Å². The summed E-state index contributed by atoms with van der Waals surface area (Å²) in [6, 6.07) is 9.50. The van der Waals surface area contributed by atoms with Gasteiger partial charge in [0.1, 0.15) is 6.10 Å². The molecule has 9 atom stereocenters. The number of fused-ring (bicyclic) bond motifs is 5. The molecule has 2 heteroatoms. The summed E-state index contributed by atoms with van der Waals surface area (Å²) in [5.41, 5.74) is 3.08. The van der Waals surface area contributed by atoms with Crippen LogP contribution < -0.4 is 0 Å². The van der Waals surface area contributed by atoms with Gasteiger partial charge in [-0.2, -0.15) is 0 Å². The molecule has 1 aromatic carbocycles. The largest absolute Gasteiger partial charge is 0.458 e. The van der Waals surface area contributed by atoms with Crippen LogP contribution in [0.25, 0.3) is 0 Å². The highest BCUT2D eigenvalue weighted by atomic mass is 16.5. The molecule has 37 heavy (non-hydrogen) atoms. The van der Waals surface area contributed by atoms with Gasteiger partial charge in [-0.1, -0.05) is 90.7 Å². The Morgan fingerprint density at radius 2 is 1.73 bits per heavy atom. The molecular weight excluding hydrogens is 452 g/mol. The minimum atomic E-state index is -0.163. The number of allylic oxidation sites excluding steroid dienone is 1. The first-order valence-corrected chi connectivity index (χ1v) is 15.6. The highest BCUT2D eigenvalue weighted by Crippen LogP contribution is 2.68. The number of hydrogen-bond donors (Lipinski definition) is 0. The van der Waals surface area contributed by atoms with Gasteiger partial charge in [-0.15, -0.1) is 0 Å². The fourth-order valence-electron chi connectivity index (χ4n) is 9.90. The van der Waals surface area contributed by atoms with Gasteiger partial charge in [0.15, 0.2) is 0 Å². The SMILES string of the molecule is CC(C)CCCC(C)C1CCC2C3C(C)C=C4CC(OC(=O)c5ccccc5)CCC4(C)C3CCC12C. The summed E-state index contributed by atoms with van der Waals surface area (Å²) in [5.74, 6) is 5.56. The molecule has 3 saturated carbocycles. The molecule has 0 N–H and O–H groups in total. The van der Waals surface area contributed by atoms with Crippen molar-refractivity contribution in [3.05, 3.63) is 47.5 Å². The van der Waals surface area contributed by atoms with E-state index in [1.165, 1.54) is 44.9 Å². The van der Waals surface area contributed by atoms with Crippen LogP contribution in [0.5, 0.6) is 0 Å². The first kappa shape index (κ1) is 27.0. The smallest absolute Gasteiger partial charge is 0.338 e. The van der Waals surface area contributed by atoms with Gasteiger partial charge < -0.3 is 4.74 Å². The van der Waals surface area contributed by atoms with E-state index in [1.807, 2.05) is 30.3 Å². The van der Waals surface area contributed by atoms with Crippen molar-refractivity contribution in [2.45, 2.75) is 112 Å². The normalized spacial score (nSPS) is 39.8. The summed E-state index contributed by atoms with van der Waals surface area (Å²) < 4.78 is 6.04. The summed E-state index contributed by atoms with van der Waals surface area (Å²) in [5, 5.41) is 0. The number of benzene rings is 1. The van der Waals surface area contributed by atoms with Crippen LogP contribution >= 0.6 is 0 Å². The summed E-state index contributed by atoms with van der Waals surface area (Å²) in [7, 11) is 0. The standard InChI is InChI=1S/C35H52O2/c1-23(2)11-10-12-24(3)29-15-16-30-32-25(4)21-27-22-28(37-33(36)26-13-8-7-9-14-26)17-19-34(27,5)31(32)18-20-35(29,30)6/h7-9,13-14,21,23-25,28-32H,10-12,15-20,22H2,1-6H3. The van der Waals surface area contributed by atoms with E-state index >= 15 is 0 Å². The highest BCUT2D eigenvalue weighted by Gasteiger charge is 2.60. The Kier molecular flexibility index (Phi) is 7.69. The van der Waals surface area contributed by atoms with E-state index < -0.39 is 0 Å². The first-order valence-electron chi connectivity index (χ1n) is 15.6. The molecule has 204 valence electrons. The van der Waals surface area contributed by atoms with E-state index in [2.05, 4.69) is 47.6 Å². The van der Waals surface area contributed by atoms with Gasteiger partial charge in [0, 0.05) is 6.42 Å². The van der Waals surface area contributed by atoms with Gasteiger partial charge in [-0.05, 0) is 103 Å². The Hall–Kier alpha value is -1.57. The van der Waals surface area contributed by atoms with Crippen LogP contribution in [0.2, 0.25) is 0 Å². The molecule has 0 amide bonds. The van der Waals surface area contributed by atoms with Crippen molar-refractivity contribution in [2.24, 2.45) is 52.3 Å². The van der Waals surface area contributed by atoms with E-state index in [-0.39, 0.29) is 17.5 Å². The number of rotatable bonds is 7. The summed E-state index contributed by atoms with van der Waals surface area (Å²) in [6.45, 7) is 15.1. The number of esters is 1. The van der Waals surface area contributed by atoms with Crippen LogP contribution in [0.1, 0.15) is 116 Å². The molecule has 9 unspecified atom stereocenters. The molecule has 3 fully saturated rings. The van der Waals surface area contributed by atoms with E-state index in [4.69, 9.17) is 4.74 Å². The van der Waals surface area contributed by atoms with Crippen molar-refractivity contribution in [3.63, 3.8) is 0 Å². The lowest BCUT2D eigenvalue weighted by molar-refractivity contribution is -0.0745. The lowest BCUT2D eigenvalue weighted by Gasteiger charge is -2.60. The minimum absolute atomic E-state index is 0.0205. The number of carbonyl (C=O) groups is 1. The minimum Gasteiger partial charge on any atom is -0.458 e. The van der Waals surface area contributed by atoms with Gasteiger partial charge in [-0.25, -0.2) is 4.79 Å². The maximum atomic E-state index is 12.7. The molecule has 0 spiro atoms. The van der Waals surface area contributed by atoms with Crippen LogP contribution in [0, 0.1) is 52.3 Å². The first-order chi connectivity index (χ1) is 17.6. The van der Waals surface area contributed by atoms with Crippen LogP contribution in [-0.4, -0.2) is 12.1 Å². The summed E-state index contributed by atoms with van der Waals surface area (Å²) >= 11 is 0. The third-order valence-corrected chi connectivity index (χ3v) is 11.9. The topological polar surface area (TPSA) is 26.3 Å². The molecule has 1 aromatic rings. The second kappa shape index (κ2) is 10.5. The number of ether oxygens (including phenoxy) is 1. The Morgan fingerprint density at radius 3 is 2.46 bits per heavy atom. The Labute approximate surface area is 227 Å². The number of carbonyl (C=O) groups excluding carboxylic acids is 1. The average molecular weight is 505 g/mol. The molecule has 0 bridgehead atoms. The molecule has 0 heterocycles. The zero-order valence-electron chi connectivity index (χ0n) is 24.5. The van der Waals surface area contributed by atoms with Crippen molar-refractivity contribution in [3.8, 4) is 0 Å². The lowest BCUT2D eigenvalue weighted by atomic mass is 9.45. The predicted molar refractivity (Wildman–Crippen MR) is 153 cm³/mol. The van der Waals surface area contributed by atoms with E-state index in [1.54, 1.807) is 5.57 Å². The van der Waals surface area contributed by atoms with Crippen molar-refractivity contribution in [1.82, 2.24) is 0 Å². The van der Waals surface area contributed by atoms with E-state index in [0.717, 1.165) is 54.8 Å². The molecule has 4 aliphatic rings. The van der Waals surface area contributed by atoms with E-state index in [0.29, 0.717) is 16.9 Å². The monoisotopic (exact) mass is 504 g/mol. The van der Waals surface area contributed by atoms with Crippen LogP contribution in [-0.2, 0) is 4.74 Å². The molecule has 0 aliphatic heterocycles. The van der Waals surface area contributed by atoms with E-state index in [9.17, 15) is 4.79 Å². The van der Waals surface area contributed by atoms with Gasteiger partial charge in [0.25, 0.3) is 0 Å². The maximum absolute atomic E-state index is 12.7. The quantitative estimate of drug-likeness (QED) is 0.273. The van der Waals surface area contributed by atoms with Crippen molar-refractivity contribution < 1.29 is 9.53 Å². The summed E-state index contributed by atoms with van der Waals surface area (Å²) in [6.07, 6.45) is 15.7. The molecular formula is C35H52O2. The molecule has 0 saturated heterocycles. The van der Waals surface area contributed by atoms with Gasteiger partial charge in [0.05, 0.1) is 5.56 Å². The molecule has 0 aromatic heterocycles. The predicted octanol–water partition coefficient (Wildman–Crippen LogP) is 9.50. The van der Waals surface area contributed by atoms with Gasteiger partial charge in [0.2, 0.25) is 0 Å². The summed E-state index contributed by atoms with van der Waals surface area (Å²) in [4.78, 5) is 12.7. The number of hydrogen-bond acceptors (Lipinski definition) is 2. The Bertz CT molecular complexity index is 978. The maximum Gasteiger partial charge on any atom is 0.338 e. The molecule has 0 radical (unpaired) electrons. The average Bonchev–Trinajstić information content (AvgIpc) is 3.22. The third-order valence-electron chi connectivity index (χ3n) is 11.9. The second-order valence-electron chi connectivity index (χ2n) is 14.4. The van der Waals surface area contributed by atoms with Crippen LogP contribution in [0.15, 0.2) is 42.0 Å². The zero-order valence-corrected chi connectivity index (χ0v) is 24.5. The molecule has 2 nitrogen and oxygen atoms in total. The zero-order chi connectivity index (χ0) is 26.4. The lowest BCUT2D eigenvalue weighted by Crippen LogP contribution is -2.53. The fraction of sp³-hybridized carbons (Fsp3) is 0.743. The van der Waals surface area contributed by atoms with Crippen molar-refractivity contribution in [2.75, 3.05) is 0 Å². The Balaban J connectivity index is 1.29. The van der Waals surface area contributed by atoms with Gasteiger partial charge >= 0.3 is 5.97 Å². The fourth-order valence-corrected chi connectivity index (χ4v) is 9.90.